The van der Waals surface area contributed by atoms with Crippen molar-refractivity contribution >= 4 is 31.2 Å². The SMILES string of the molecule is CCCCC1C(OCC)OC(OCC)C(CCCC)[Se]1(Cl)Cl. The van der Waals surface area contributed by atoms with Gasteiger partial charge in [-0.1, -0.05) is 0 Å². The van der Waals surface area contributed by atoms with Gasteiger partial charge >= 0.3 is 147 Å². The molecule has 1 rings (SSSR count). The molecular weight excluding hydrogens is 390 g/mol. The van der Waals surface area contributed by atoms with E-state index < -0.39 is 11.0 Å². The summed E-state index contributed by atoms with van der Waals surface area (Å²) in [5.74, 6) is 0. The molecule has 134 valence electrons. The van der Waals surface area contributed by atoms with Crippen molar-refractivity contribution in [1.82, 2.24) is 0 Å². The van der Waals surface area contributed by atoms with Crippen molar-refractivity contribution in [2.75, 3.05) is 13.2 Å². The van der Waals surface area contributed by atoms with Crippen molar-refractivity contribution in [3.8, 4) is 0 Å². The molecule has 0 radical (unpaired) electrons. The van der Waals surface area contributed by atoms with Crippen molar-refractivity contribution in [2.24, 2.45) is 0 Å². The first-order valence-electron chi connectivity index (χ1n) is 8.61. The van der Waals surface area contributed by atoms with Crippen LogP contribution in [0.5, 0.6) is 0 Å². The van der Waals surface area contributed by atoms with Gasteiger partial charge in [0.1, 0.15) is 0 Å². The van der Waals surface area contributed by atoms with Gasteiger partial charge in [-0.25, -0.2) is 0 Å². The molecule has 0 amide bonds. The average molecular weight is 422 g/mol. The Morgan fingerprint density at radius 2 is 1.23 bits per heavy atom. The number of halogens is 2. The van der Waals surface area contributed by atoms with Crippen LogP contribution in [0.1, 0.15) is 66.2 Å². The van der Waals surface area contributed by atoms with Crippen molar-refractivity contribution in [3.05, 3.63) is 0 Å². The Kier molecular flexibility index (Phi) is 10.3. The van der Waals surface area contributed by atoms with Crippen LogP contribution in [0.25, 0.3) is 0 Å². The maximum atomic E-state index is 7.02. The van der Waals surface area contributed by atoms with Crippen LogP contribution < -0.4 is 0 Å². The third kappa shape index (κ3) is 5.51. The standard InChI is InChI=1S/C16H32Cl2O3Se/c1-5-9-11-13-15(19-7-3)21-16(20-8-4)14(12-10-6-2)22(13,17)18/h13-16H,5-12H2,1-4H3. The van der Waals surface area contributed by atoms with Gasteiger partial charge in [0, 0.05) is 0 Å². The van der Waals surface area contributed by atoms with Crippen LogP contribution in [-0.2, 0) is 14.2 Å². The van der Waals surface area contributed by atoms with Gasteiger partial charge < -0.3 is 0 Å². The third-order valence-corrected chi connectivity index (χ3v) is 14.1. The summed E-state index contributed by atoms with van der Waals surface area (Å²) in [5, 5.41) is 0. The van der Waals surface area contributed by atoms with Gasteiger partial charge in [-0.15, -0.1) is 0 Å². The van der Waals surface area contributed by atoms with E-state index in [4.69, 9.17) is 34.4 Å². The molecule has 6 heteroatoms. The van der Waals surface area contributed by atoms with E-state index in [0.29, 0.717) is 13.2 Å². The molecule has 4 atom stereocenters. The molecule has 0 N–H and O–H groups in total. The number of rotatable bonds is 10. The number of ether oxygens (including phenoxy) is 3. The molecule has 3 nitrogen and oxygen atoms in total. The third-order valence-electron chi connectivity index (χ3n) is 4.03. The summed E-state index contributed by atoms with van der Waals surface area (Å²) < 4.78 is 17.8. The van der Waals surface area contributed by atoms with E-state index in [9.17, 15) is 0 Å². The monoisotopic (exact) mass is 422 g/mol. The maximum absolute atomic E-state index is 7.02. The summed E-state index contributed by atoms with van der Waals surface area (Å²) in [6.07, 6.45) is 5.80. The van der Waals surface area contributed by atoms with Gasteiger partial charge in [0.2, 0.25) is 0 Å². The molecule has 1 aliphatic rings. The van der Waals surface area contributed by atoms with E-state index in [0.717, 1.165) is 38.5 Å². The van der Waals surface area contributed by atoms with Crippen molar-refractivity contribution in [2.45, 2.75) is 88.4 Å². The first-order chi connectivity index (χ1) is 10.5. The summed E-state index contributed by atoms with van der Waals surface area (Å²) in [4.78, 5) is 0.274. The second-order valence-corrected chi connectivity index (χ2v) is 16.7. The molecule has 22 heavy (non-hydrogen) atoms. The second-order valence-electron chi connectivity index (χ2n) is 5.70. The predicted octanol–water partition coefficient (Wildman–Crippen LogP) is 5.78. The van der Waals surface area contributed by atoms with E-state index in [2.05, 4.69) is 13.8 Å². The van der Waals surface area contributed by atoms with Gasteiger partial charge in [-0.2, -0.15) is 0 Å². The number of hydrogen-bond donors (Lipinski definition) is 0. The molecule has 1 fully saturated rings. The Hall–Kier alpha value is 0.979. The zero-order valence-electron chi connectivity index (χ0n) is 14.4. The van der Waals surface area contributed by atoms with E-state index >= 15 is 0 Å². The van der Waals surface area contributed by atoms with Gasteiger partial charge in [0.15, 0.2) is 0 Å². The molecule has 1 saturated heterocycles. The minimum absolute atomic E-state index is 0.137. The molecule has 4 unspecified atom stereocenters. The molecule has 0 aliphatic carbocycles. The molecule has 1 heterocycles. The predicted molar refractivity (Wildman–Crippen MR) is 95.9 cm³/mol. The second kappa shape index (κ2) is 10.8. The van der Waals surface area contributed by atoms with Gasteiger partial charge in [-0.05, 0) is 0 Å². The molecule has 0 bridgehead atoms. The molecular formula is C16H32Cl2O3Se. The average Bonchev–Trinajstić information content (AvgIpc) is 2.46. The molecule has 0 spiro atoms. The van der Waals surface area contributed by atoms with Crippen molar-refractivity contribution < 1.29 is 14.2 Å². The van der Waals surface area contributed by atoms with Crippen LogP contribution in [0.3, 0.4) is 0 Å². The van der Waals surface area contributed by atoms with Crippen LogP contribution in [0.4, 0.5) is 0 Å². The molecule has 1 aliphatic heterocycles. The topological polar surface area (TPSA) is 27.7 Å². The summed E-state index contributed by atoms with van der Waals surface area (Å²) in [5.41, 5.74) is 0. The van der Waals surface area contributed by atoms with Gasteiger partial charge in [-0.3, -0.25) is 0 Å². The van der Waals surface area contributed by atoms with Crippen LogP contribution in [0.2, 0.25) is 9.63 Å². The fourth-order valence-corrected chi connectivity index (χ4v) is 11.2. The molecule has 0 saturated carbocycles. The fraction of sp³-hybridized carbons (Fsp3) is 1.00. The number of unbranched alkanes of at least 4 members (excludes halogenated alkanes) is 2. The Morgan fingerprint density at radius 3 is 1.55 bits per heavy atom. The first-order valence-corrected chi connectivity index (χ1v) is 15.1. The van der Waals surface area contributed by atoms with E-state index in [1.54, 1.807) is 0 Å². The summed E-state index contributed by atoms with van der Waals surface area (Å²) in [7, 11) is 14.0. The van der Waals surface area contributed by atoms with E-state index in [-0.39, 0.29) is 22.2 Å². The molecule has 0 aromatic heterocycles. The van der Waals surface area contributed by atoms with Crippen LogP contribution >= 0.6 is 20.2 Å². The summed E-state index contributed by atoms with van der Waals surface area (Å²) >= 11 is -2.77. The Balaban J connectivity index is 2.96. The normalized spacial score (nSPS) is 32.8. The van der Waals surface area contributed by atoms with Crippen molar-refractivity contribution in [3.63, 3.8) is 0 Å². The van der Waals surface area contributed by atoms with Gasteiger partial charge in [0.05, 0.1) is 0 Å². The van der Waals surface area contributed by atoms with Gasteiger partial charge in [0.25, 0.3) is 0 Å². The van der Waals surface area contributed by atoms with Crippen LogP contribution in [0.15, 0.2) is 0 Å². The number of hydrogen-bond acceptors (Lipinski definition) is 3. The molecule has 0 aromatic carbocycles. The fourth-order valence-electron chi connectivity index (χ4n) is 2.85. The van der Waals surface area contributed by atoms with Crippen LogP contribution in [-0.4, -0.2) is 36.8 Å². The zero-order chi connectivity index (χ0) is 16.6. The first kappa shape index (κ1) is 21.0. The Labute approximate surface area is 147 Å². The van der Waals surface area contributed by atoms with E-state index in [1.807, 2.05) is 13.8 Å². The van der Waals surface area contributed by atoms with E-state index in [1.165, 1.54) is 0 Å². The van der Waals surface area contributed by atoms with Crippen LogP contribution in [0, 0.1) is 0 Å². The minimum atomic E-state index is -2.77. The Morgan fingerprint density at radius 1 is 0.818 bits per heavy atom. The van der Waals surface area contributed by atoms with Crippen molar-refractivity contribution in [1.29, 1.82) is 0 Å². The Bertz CT molecular complexity index is 279. The zero-order valence-corrected chi connectivity index (χ0v) is 17.6. The molecule has 0 aromatic rings. The summed E-state index contributed by atoms with van der Waals surface area (Å²) in [6, 6.07) is 0. The quantitative estimate of drug-likeness (QED) is 0.418. The summed E-state index contributed by atoms with van der Waals surface area (Å²) in [6.45, 7) is 9.54.